The molecular formula is C38H75FO2. The van der Waals surface area contributed by atoms with Gasteiger partial charge in [-0.3, -0.25) is 0 Å². The molecular weight excluding hydrogens is 507 g/mol. The van der Waals surface area contributed by atoms with E-state index in [0.29, 0.717) is 6.42 Å². The van der Waals surface area contributed by atoms with Gasteiger partial charge >= 0.3 is 5.97 Å². The Hall–Kier alpha value is -0.600. The third-order valence-electron chi connectivity index (χ3n) is 9.46. The van der Waals surface area contributed by atoms with Crippen molar-refractivity contribution in [1.82, 2.24) is 0 Å². The smallest absolute Gasteiger partial charge is 0.341 e. The van der Waals surface area contributed by atoms with E-state index in [1.165, 1.54) is 141 Å². The number of hydrogen-bond acceptors (Lipinski definition) is 1. The van der Waals surface area contributed by atoms with Crippen LogP contribution in [0.1, 0.15) is 226 Å². The summed E-state index contributed by atoms with van der Waals surface area (Å²) in [5, 5.41) is 10.1. The minimum atomic E-state index is -2.04. The summed E-state index contributed by atoms with van der Waals surface area (Å²) in [6.07, 6.45) is 37.4. The van der Waals surface area contributed by atoms with E-state index in [1.54, 1.807) is 0 Å². The summed E-state index contributed by atoms with van der Waals surface area (Å²) in [5.41, 5.74) is -2.04. The molecule has 0 bridgehead atoms. The van der Waals surface area contributed by atoms with Gasteiger partial charge in [-0.1, -0.05) is 201 Å². The highest BCUT2D eigenvalue weighted by atomic mass is 19.1. The largest absolute Gasteiger partial charge is 0.479 e. The van der Waals surface area contributed by atoms with Gasteiger partial charge < -0.3 is 5.11 Å². The van der Waals surface area contributed by atoms with Crippen LogP contribution >= 0.6 is 0 Å². The standard InChI is InChI=1S/C38H75FO2/c1-4-7-10-13-16-18-20-22-25-28-31-34-36(33-30-27-24-15-12-9-6-3)38(39,37(40)41)35-32-29-26-23-21-19-17-14-11-8-5-2/h36H,4-35H2,1-3H3,(H,40,41). The molecule has 0 heterocycles. The molecule has 0 fully saturated rings. The van der Waals surface area contributed by atoms with E-state index in [-0.39, 0.29) is 12.3 Å². The summed E-state index contributed by atoms with van der Waals surface area (Å²) >= 11 is 0. The lowest BCUT2D eigenvalue weighted by molar-refractivity contribution is -0.156. The maximum absolute atomic E-state index is 16.2. The number of hydrogen-bond donors (Lipinski definition) is 1. The van der Waals surface area contributed by atoms with Crippen molar-refractivity contribution in [3.05, 3.63) is 0 Å². The summed E-state index contributed by atoms with van der Waals surface area (Å²) < 4.78 is 16.2. The maximum Gasteiger partial charge on any atom is 0.341 e. The first kappa shape index (κ1) is 40.4. The average molecular weight is 583 g/mol. The van der Waals surface area contributed by atoms with Crippen molar-refractivity contribution < 1.29 is 14.3 Å². The van der Waals surface area contributed by atoms with Crippen LogP contribution in [0.15, 0.2) is 0 Å². The summed E-state index contributed by atoms with van der Waals surface area (Å²) in [6.45, 7) is 6.76. The van der Waals surface area contributed by atoms with Crippen molar-refractivity contribution in [2.75, 3.05) is 0 Å². The molecule has 0 saturated carbocycles. The van der Waals surface area contributed by atoms with Crippen molar-refractivity contribution in [2.45, 2.75) is 232 Å². The fraction of sp³-hybridized carbons (Fsp3) is 0.974. The van der Waals surface area contributed by atoms with E-state index in [2.05, 4.69) is 20.8 Å². The molecule has 0 aliphatic rings. The Morgan fingerprint density at radius 3 is 0.976 bits per heavy atom. The van der Waals surface area contributed by atoms with Gasteiger partial charge in [-0.05, 0) is 25.7 Å². The van der Waals surface area contributed by atoms with Crippen LogP contribution in [0.4, 0.5) is 4.39 Å². The number of alkyl halides is 1. The van der Waals surface area contributed by atoms with Crippen molar-refractivity contribution in [1.29, 1.82) is 0 Å². The number of halogens is 1. The molecule has 0 saturated heterocycles. The van der Waals surface area contributed by atoms with Crippen molar-refractivity contribution in [2.24, 2.45) is 5.92 Å². The molecule has 0 aromatic rings. The number of carbonyl (C=O) groups is 1. The van der Waals surface area contributed by atoms with E-state index in [0.717, 1.165) is 51.4 Å². The molecule has 1 N–H and O–H groups in total. The quantitative estimate of drug-likeness (QED) is 0.0766. The van der Waals surface area contributed by atoms with Gasteiger partial charge in [-0.25, -0.2) is 9.18 Å². The molecule has 3 heteroatoms. The first-order valence-electron chi connectivity index (χ1n) is 18.9. The van der Waals surface area contributed by atoms with Gasteiger partial charge in [0.2, 0.25) is 5.67 Å². The monoisotopic (exact) mass is 583 g/mol. The van der Waals surface area contributed by atoms with Gasteiger partial charge in [0, 0.05) is 5.92 Å². The van der Waals surface area contributed by atoms with Gasteiger partial charge in [0.25, 0.3) is 0 Å². The van der Waals surface area contributed by atoms with Crippen LogP contribution in [-0.4, -0.2) is 16.7 Å². The van der Waals surface area contributed by atoms with Crippen LogP contribution in [0.5, 0.6) is 0 Å². The zero-order valence-corrected chi connectivity index (χ0v) is 28.4. The summed E-state index contributed by atoms with van der Waals surface area (Å²) in [6, 6.07) is 0. The van der Waals surface area contributed by atoms with Crippen LogP contribution < -0.4 is 0 Å². The Kier molecular flexibility index (Phi) is 30.4. The second-order valence-corrected chi connectivity index (χ2v) is 13.4. The van der Waals surface area contributed by atoms with Gasteiger partial charge in [-0.2, -0.15) is 0 Å². The summed E-state index contributed by atoms with van der Waals surface area (Å²) in [4.78, 5) is 12.3. The second kappa shape index (κ2) is 30.8. The Morgan fingerprint density at radius 1 is 0.463 bits per heavy atom. The van der Waals surface area contributed by atoms with Gasteiger partial charge in [-0.15, -0.1) is 0 Å². The number of rotatable bonds is 34. The van der Waals surface area contributed by atoms with Gasteiger partial charge in [0.1, 0.15) is 0 Å². The van der Waals surface area contributed by atoms with Gasteiger partial charge in [0.05, 0.1) is 0 Å². The number of carboxylic acids is 1. The lowest BCUT2D eigenvalue weighted by atomic mass is 9.78. The van der Waals surface area contributed by atoms with Gasteiger partial charge in [0.15, 0.2) is 0 Å². The molecule has 0 radical (unpaired) electrons. The Morgan fingerprint density at radius 2 is 0.707 bits per heavy atom. The highest BCUT2D eigenvalue weighted by Crippen LogP contribution is 2.37. The Balaban J connectivity index is 4.49. The lowest BCUT2D eigenvalue weighted by Gasteiger charge is -2.31. The zero-order chi connectivity index (χ0) is 30.3. The first-order chi connectivity index (χ1) is 20.0. The summed E-state index contributed by atoms with van der Waals surface area (Å²) in [7, 11) is 0. The predicted molar refractivity (Wildman–Crippen MR) is 180 cm³/mol. The molecule has 0 aromatic carbocycles. The minimum absolute atomic E-state index is 0.207. The van der Waals surface area contributed by atoms with Crippen LogP contribution in [0.2, 0.25) is 0 Å². The number of unbranched alkanes of at least 4 members (excludes halogenated alkanes) is 26. The summed E-state index contributed by atoms with van der Waals surface area (Å²) in [5.74, 6) is -1.52. The molecule has 0 spiro atoms. The molecule has 0 amide bonds. The van der Waals surface area contributed by atoms with E-state index < -0.39 is 11.6 Å². The molecule has 0 aromatic heterocycles. The molecule has 0 aliphatic carbocycles. The topological polar surface area (TPSA) is 37.3 Å². The molecule has 2 unspecified atom stereocenters. The normalized spacial score (nSPS) is 13.9. The predicted octanol–water partition coefficient (Wildman–Crippen LogP) is 13.9. The Bertz CT molecular complexity index is 536. The van der Waals surface area contributed by atoms with Crippen LogP contribution in [0.3, 0.4) is 0 Å². The molecule has 2 atom stereocenters. The fourth-order valence-corrected chi connectivity index (χ4v) is 6.54. The van der Waals surface area contributed by atoms with Crippen molar-refractivity contribution in [3.63, 3.8) is 0 Å². The van der Waals surface area contributed by atoms with E-state index in [9.17, 15) is 9.90 Å². The highest BCUT2D eigenvalue weighted by Gasteiger charge is 2.45. The molecule has 2 nitrogen and oxygen atoms in total. The minimum Gasteiger partial charge on any atom is -0.479 e. The fourth-order valence-electron chi connectivity index (χ4n) is 6.54. The highest BCUT2D eigenvalue weighted by molar-refractivity contribution is 5.77. The number of carboxylic acid groups (broad SMARTS) is 1. The average Bonchev–Trinajstić information content (AvgIpc) is 2.96. The van der Waals surface area contributed by atoms with Crippen LogP contribution in [0, 0.1) is 5.92 Å². The molecule has 246 valence electrons. The molecule has 41 heavy (non-hydrogen) atoms. The molecule has 0 rings (SSSR count). The third kappa shape index (κ3) is 24.5. The zero-order valence-electron chi connectivity index (χ0n) is 28.4. The van der Waals surface area contributed by atoms with E-state index >= 15 is 4.39 Å². The Labute approximate surface area is 257 Å². The first-order valence-corrected chi connectivity index (χ1v) is 18.9. The van der Waals surface area contributed by atoms with Crippen LogP contribution in [0.25, 0.3) is 0 Å². The maximum atomic E-state index is 16.2. The second-order valence-electron chi connectivity index (χ2n) is 13.4. The van der Waals surface area contributed by atoms with Crippen molar-refractivity contribution >= 4 is 5.97 Å². The van der Waals surface area contributed by atoms with E-state index in [4.69, 9.17) is 0 Å². The lowest BCUT2D eigenvalue weighted by Crippen LogP contribution is -2.42. The number of aliphatic carboxylic acids is 1. The third-order valence-corrected chi connectivity index (χ3v) is 9.46. The molecule has 0 aliphatic heterocycles. The van der Waals surface area contributed by atoms with Crippen molar-refractivity contribution in [3.8, 4) is 0 Å². The van der Waals surface area contributed by atoms with E-state index in [1.807, 2.05) is 0 Å². The van der Waals surface area contributed by atoms with Crippen LogP contribution in [-0.2, 0) is 4.79 Å². The SMILES string of the molecule is CCCCCCCCCCCCCC(CCCCCCCCC)C(F)(CCCCCCCCCCCCC)C(=O)O.